The number of anilines is 1. The average Bonchev–Trinajstić information content (AvgIpc) is 2.73. The summed E-state index contributed by atoms with van der Waals surface area (Å²) >= 11 is 6.00. The van der Waals surface area contributed by atoms with Gasteiger partial charge < -0.3 is 20.4 Å². The standard InChI is InChI=1S/C23H29ClN4O2/c1-16-4-7-18(8-5-16)21(28-12-10-27(3)11-13-28)15-25-22(29)23(30)26-20-14-19(24)9-6-17(20)2/h4-9,14,21H,10-13,15H2,1-3H3,(H,25,29)(H,26,30)/p+2/t21-/m1/s1. The van der Waals surface area contributed by atoms with Gasteiger partial charge in [0.05, 0.1) is 13.6 Å². The van der Waals surface area contributed by atoms with Gasteiger partial charge in [0, 0.05) is 16.3 Å². The Morgan fingerprint density at radius 3 is 2.33 bits per heavy atom. The number of nitrogens with one attached hydrogen (secondary N) is 4. The summed E-state index contributed by atoms with van der Waals surface area (Å²) < 4.78 is 0. The number of carbonyl (C=O) groups is 2. The largest absolute Gasteiger partial charge is 0.341 e. The molecule has 1 aliphatic rings. The van der Waals surface area contributed by atoms with Crippen molar-refractivity contribution >= 4 is 29.1 Å². The summed E-state index contributed by atoms with van der Waals surface area (Å²) in [6, 6.07) is 13.8. The van der Waals surface area contributed by atoms with Gasteiger partial charge in [0.25, 0.3) is 0 Å². The maximum atomic E-state index is 12.5. The molecule has 7 heteroatoms. The van der Waals surface area contributed by atoms with Crippen molar-refractivity contribution in [3.63, 3.8) is 0 Å². The number of carbonyl (C=O) groups excluding carboxylic acids is 2. The third-order valence-electron chi connectivity index (χ3n) is 5.84. The predicted octanol–water partition coefficient (Wildman–Crippen LogP) is 0.166. The SMILES string of the molecule is Cc1ccc([C@@H](CNC(=O)C(=O)Nc2cc(Cl)ccc2C)[NH+]2CC[NH+](C)CC2)cc1. The lowest BCUT2D eigenvalue weighted by molar-refractivity contribution is -1.02. The summed E-state index contributed by atoms with van der Waals surface area (Å²) in [6.45, 7) is 8.60. The lowest BCUT2D eigenvalue weighted by atomic mass is 10.0. The quantitative estimate of drug-likeness (QED) is 0.511. The van der Waals surface area contributed by atoms with E-state index < -0.39 is 11.8 Å². The average molecular weight is 431 g/mol. The third-order valence-corrected chi connectivity index (χ3v) is 6.07. The zero-order valence-electron chi connectivity index (χ0n) is 17.8. The second-order valence-corrected chi connectivity index (χ2v) is 8.64. The van der Waals surface area contributed by atoms with E-state index in [1.54, 1.807) is 12.1 Å². The highest BCUT2D eigenvalue weighted by Crippen LogP contribution is 2.20. The van der Waals surface area contributed by atoms with E-state index in [9.17, 15) is 9.59 Å². The van der Waals surface area contributed by atoms with Crippen LogP contribution in [-0.2, 0) is 9.59 Å². The van der Waals surface area contributed by atoms with Crippen LogP contribution in [0.4, 0.5) is 5.69 Å². The molecule has 0 aliphatic carbocycles. The molecule has 0 saturated carbocycles. The summed E-state index contributed by atoms with van der Waals surface area (Å²) in [5, 5.41) is 6.02. The Labute approximate surface area is 183 Å². The van der Waals surface area contributed by atoms with Crippen molar-refractivity contribution in [1.82, 2.24) is 5.32 Å². The van der Waals surface area contributed by atoms with Gasteiger partial charge in [-0.05, 0) is 31.5 Å². The molecule has 1 fully saturated rings. The molecule has 6 nitrogen and oxygen atoms in total. The van der Waals surface area contributed by atoms with Gasteiger partial charge in [0.2, 0.25) is 0 Å². The molecule has 1 atom stereocenters. The first kappa shape index (κ1) is 22.3. The number of rotatable bonds is 5. The Morgan fingerprint density at radius 1 is 1.00 bits per heavy atom. The van der Waals surface area contributed by atoms with Crippen molar-refractivity contribution in [2.45, 2.75) is 19.9 Å². The van der Waals surface area contributed by atoms with E-state index in [-0.39, 0.29) is 6.04 Å². The minimum Gasteiger partial charge on any atom is -0.341 e. The van der Waals surface area contributed by atoms with Crippen LogP contribution >= 0.6 is 11.6 Å². The van der Waals surface area contributed by atoms with Crippen LogP contribution in [-0.4, -0.2) is 51.6 Å². The normalized spacial score (nSPS) is 19.7. The maximum absolute atomic E-state index is 12.5. The molecule has 2 amide bonds. The van der Waals surface area contributed by atoms with E-state index >= 15 is 0 Å². The van der Waals surface area contributed by atoms with Crippen molar-refractivity contribution in [3.05, 3.63) is 64.2 Å². The lowest BCUT2D eigenvalue weighted by Crippen LogP contribution is -3.27. The van der Waals surface area contributed by atoms with E-state index in [4.69, 9.17) is 11.6 Å². The van der Waals surface area contributed by atoms with Crippen molar-refractivity contribution in [3.8, 4) is 0 Å². The van der Waals surface area contributed by atoms with Crippen molar-refractivity contribution < 1.29 is 19.4 Å². The highest BCUT2D eigenvalue weighted by Gasteiger charge is 2.30. The summed E-state index contributed by atoms with van der Waals surface area (Å²) in [5.41, 5.74) is 3.78. The van der Waals surface area contributed by atoms with E-state index in [0.29, 0.717) is 17.3 Å². The molecule has 4 N–H and O–H groups in total. The number of amides is 2. The molecule has 2 aromatic rings. The molecular weight excluding hydrogens is 400 g/mol. The van der Waals surface area contributed by atoms with Gasteiger partial charge in [-0.2, -0.15) is 0 Å². The van der Waals surface area contributed by atoms with Crippen LogP contribution in [0.3, 0.4) is 0 Å². The van der Waals surface area contributed by atoms with Gasteiger partial charge in [-0.25, -0.2) is 0 Å². The number of benzene rings is 2. The second kappa shape index (κ2) is 10.1. The second-order valence-electron chi connectivity index (χ2n) is 8.20. The Hall–Kier alpha value is -2.41. The van der Waals surface area contributed by atoms with Crippen LogP contribution in [0.2, 0.25) is 5.02 Å². The molecule has 1 aliphatic heterocycles. The fourth-order valence-corrected chi connectivity index (χ4v) is 4.00. The predicted molar refractivity (Wildman–Crippen MR) is 119 cm³/mol. The van der Waals surface area contributed by atoms with Gasteiger partial charge in [-0.15, -0.1) is 0 Å². The van der Waals surface area contributed by atoms with Crippen molar-refractivity contribution in [1.29, 1.82) is 0 Å². The fourth-order valence-electron chi connectivity index (χ4n) is 3.83. The van der Waals surface area contributed by atoms with Crippen LogP contribution in [0, 0.1) is 13.8 Å². The molecule has 30 heavy (non-hydrogen) atoms. The van der Waals surface area contributed by atoms with Crippen LogP contribution in [0.5, 0.6) is 0 Å². The number of halogens is 1. The van der Waals surface area contributed by atoms with Crippen molar-refractivity contribution in [2.75, 3.05) is 45.1 Å². The highest BCUT2D eigenvalue weighted by molar-refractivity contribution is 6.40. The molecule has 160 valence electrons. The molecular formula is C23H31ClN4O2+2. The van der Waals surface area contributed by atoms with E-state index in [1.165, 1.54) is 20.9 Å². The fraction of sp³-hybridized carbons (Fsp3) is 0.391. The summed E-state index contributed by atoms with van der Waals surface area (Å²) in [6.07, 6.45) is 0. The van der Waals surface area contributed by atoms with Crippen LogP contribution in [0.15, 0.2) is 42.5 Å². The molecule has 0 aromatic heterocycles. The number of aryl methyl sites for hydroxylation is 2. The number of hydrogen-bond donors (Lipinski definition) is 4. The van der Waals surface area contributed by atoms with Crippen molar-refractivity contribution in [2.24, 2.45) is 0 Å². The van der Waals surface area contributed by atoms with Gasteiger partial charge in [-0.3, -0.25) is 9.59 Å². The zero-order chi connectivity index (χ0) is 21.7. The smallest absolute Gasteiger partial charge is 0.313 e. The van der Waals surface area contributed by atoms with E-state index in [1.807, 2.05) is 13.0 Å². The Balaban J connectivity index is 1.66. The number of quaternary nitrogens is 2. The van der Waals surface area contributed by atoms with Gasteiger partial charge in [-0.1, -0.05) is 47.5 Å². The topological polar surface area (TPSA) is 67.1 Å². The zero-order valence-corrected chi connectivity index (χ0v) is 18.6. The molecule has 0 spiro atoms. The first-order chi connectivity index (χ1) is 14.3. The molecule has 0 bridgehead atoms. The summed E-state index contributed by atoms with van der Waals surface area (Å²) in [4.78, 5) is 27.9. The molecule has 1 heterocycles. The van der Waals surface area contributed by atoms with E-state index in [0.717, 1.165) is 31.7 Å². The van der Waals surface area contributed by atoms with Gasteiger partial charge >= 0.3 is 11.8 Å². The summed E-state index contributed by atoms with van der Waals surface area (Å²) in [7, 11) is 2.21. The number of piperazine rings is 1. The summed E-state index contributed by atoms with van der Waals surface area (Å²) in [5.74, 6) is -1.31. The maximum Gasteiger partial charge on any atom is 0.313 e. The van der Waals surface area contributed by atoms with Gasteiger partial charge in [0.1, 0.15) is 32.2 Å². The monoisotopic (exact) mass is 430 g/mol. The Bertz CT molecular complexity index is 893. The minimum absolute atomic E-state index is 0.114. The Kier molecular flexibility index (Phi) is 7.48. The molecule has 1 saturated heterocycles. The minimum atomic E-state index is -0.680. The van der Waals surface area contributed by atoms with Crippen LogP contribution < -0.4 is 20.4 Å². The van der Waals surface area contributed by atoms with E-state index in [2.05, 4.69) is 48.9 Å². The Morgan fingerprint density at radius 2 is 1.67 bits per heavy atom. The molecule has 0 unspecified atom stereocenters. The molecule has 2 aromatic carbocycles. The highest BCUT2D eigenvalue weighted by atomic mass is 35.5. The first-order valence-corrected chi connectivity index (χ1v) is 10.8. The molecule has 0 radical (unpaired) electrons. The lowest BCUT2D eigenvalue weighted by Gasteiger charge is -2.33. The number of hydrogen-bond acceptors (Lipinski definition) is 2. The first-order valence-electron chi connectivity index (χ1n) is 10.4. The number of likely N-dealkylation sites (N-methyl/N-ethyl adjacent to an activating group) is 1. The third kappa shape index (κ3) is 5.81. The van der Waals surface area contributed by atoms with Gasteiger partial charge in [0.15, 0.2) is 0 Å². The molecule has 3 rings (SSSR count). The van der Waals surface area contributed by atoms with Crippen LogP contribution in [0.1, 0.15) is 22.7 Å². The van der Waals surface area contributed by atoms with Crippen LogP contribution in [0.25, 0.3) is 0 Å².